The van der Waals surface area contributed by atoms with E-state index in [9.17, 15) is 4.79 Å². The lowest BCUT2D eigenvalue weighted by atomic mass is 10.0. The van der Waals surface area contributed by atoms with Gasteiger partial charge in [0.1, 0.15) is 5.75 Å². The van der Waals surface area contributed by atoms with Gasteiger partial charge in [0.2, 0.25) is 0 Å². The van der Waals surface area contributed by atoms with Crippen molar-refractivity contribution in [3.05, 3.63) is 23.8 Å². The summed E-state index contributed by atoms with van der Waals surface area (Å²) >= 11 is 0. The molecule has 3 N–H and O–H groups in total. The molecule has 1 saturated heterocycles. The lowest BCUT2D eigenvalue weighted by Crippen LogP contribution is -2.43. The highest BCUT2D eigenvalue weighted by Gasteiger charge is 2.19. The smallest absolute Gasteiger partial charge is 0.251 e. The normalized spacial score (nSPS) is 16.9. The monoisotopic (exact) mass is 277 g/mol. The van der Waals surface area contributed by atoms with Gasteiger partial charge in [-0.25, -0.2) is 0 Å². The Morgan fingerprint density at radius 2 is 2.15 bits per heavy atom. The first-order valence-electron chi connectivity index (χ1n) is 7.12. The van der Waals surface area contributed by atoms with Crippen LogP contribution in [0.4, 0.5) is 5.69 Å². The van der Waals surface area contributed by atoms with Gasteiger partial charge in [-0.3, -0.25) is 4.79 Å². The van der Waals surface area contributed by atoms with E-state index in [0.29, 0.717) is 23.6 Å². The van der Waals surface area contributed by atoms with E-state index in [2.05, 4.69) is 17.3 Å². The number of nitrogens with two attached hydrogens (primary N) is 1. The maximum Gasteiger partial charge on any atom is 0.251 e. The van der Waals surface area contributed by atoms with E-state index in [1.54, 1.807) is 18.2 Å². The van der Waals surface area contributed by atoms with Crippen LogP contribution in [0.2, 0.25) is 0 Å². The summed E-state index contributed by atoms with van der Waals surface area (Å²) in [4.78, 5) is 14.5. The Labute approximate surface area is 120 Å². The van der Waals surface area contributed by atoms with Crippen LogP contribution in [0.15, 0.2) is 18.2 Å². The molecule has 1 aliphatic heterocycles. The summed E-state index contributed by atoms with van der Waals surface area (Å²) in [5.74, 6) is 0.567. The molecule has 0 aliphatic carbocycles. The molecule has 110 valence electrons. The fourth-order valence-corrected chi connectivity index (χ4v) is 2.40. The maximum absolute atomic E-state index is 12.2. The highest BCUT2D eigenvalue weighted by Crippen LogP contribution is 2.22. The zero-order chi connectivity index (χ0) is 14.5. The highest BCUT2D eigenvalue weighted by molar-refractivity contribution is 5.95. The van der Waals surface area contributed by atoms with Crippen molar-refractivity contribution in [2.24, 2.45) is 0 Å². The predicted molar refractivity (Wildman–Crippen MR) is 80.0 cm³/mol. The van der Waals surface area contributed by atoms with E-state index in [1.807, 2.05) is 6.92 Å². The molecule has 0 saturated carbocycles. The average molecular weight is 277 g/mol. The van der Waals surface area contributed by atoms with Crippen molar-refractivity contribution < 1.29 is 9.53 Å². The summed E-state index contributed by atoms with van der Waals surface area (Å²) in [6.45, 7) is 4.51. The first-order chi connectivity index (χ1) is 9.60. The van der Waals surface area contributed by atoms with E-state index < -0.39 is 0 Å². The molecule has 1 aromatic carbocycles. The van der Waals surface area contributed by atoms with Gasteiger partial charge in [0, 0.05) is 11.6 Å². The van der Waals surface area contributed by atoms with Crippen LogP contribution in [0, 0.1) is 0 Å². The number of carbonyl (C=O) groups is 1. The molecular formula is C15H23N3O2. The first-order valence-corrected chi connectivity index (χ1v) is 7.12. The molecule has 1 aliphatic rings. The van der Waals surface area contributed by atoms with Gasteiger partial charge >= 0.3 is 0 Å². The number of piperidine rings is 1. The zero-order valence-corrected chi connectivity index (χ0v) is 12.2. The summed E-state index contributed by atoms with van der Waals surface area (Å²) in [5.41, 5.74) is 6.98. The number of hydrogen-bond donors (Lipinski definition) is 2. The molecule has 5 heteroatoms. The van der Waals surface area contributed by atoms with Crippen LogP contribution in [-0.4, -0.2) is 43.6 Å². The Kier molecular flexibility index (Phi) is 4.84. The Balaban J connectivity index is 1.97. The fourth-order valence-electron chi connectivity index (χ4n) is 2.40. The number of likely N-dealkylation sites (tertiary alicyclic amines) is 1. The van der Waals surface area contributed by atoms with Gasteiger partial charge < -0.3 is 20.7 Å². The van der Waals surface area contributed by atoms with E-state index in [1.165, 1.54) is 0 Å². The standard InChI is InChI=1S/C15H23N3O2/c1-3-20-14-5-4-11(10-13(14)16)15(19)17-12-6-8-18(2)9-7-12/h4-5,10,12H,3,6-9,16H2,1-2H3,(H,17,19). The predicted octanol–water partition coefficient (Wildman–Crippen LogP) is 1.49. The van der Waals surface area contributed by atoms with Crippen LogP contribution >= 0.6 is 0 Å². The molecule has 0 unspecified atom stereocenters. The number of nitrogens with one attached hydrogen (secondary N) is 1. The van der Waals surface area contributed by atoms with Crippen LogP contribution in [0.1, 0.15) is 30.1 Å². The van der Waals surface area contributed by atoms with Gasteiger partial charge in [0.15, 0.2) is 0 Å². The summed E-state index contributed by atoms with van der Waals surface area (Å²) in [5, 5.41) is 3.07. The first kappa shape index (κ1) is 14.7. The lowest BCUT2D eigenvalue weighted by Gasteiger charge is -2.29. The number of nitrogen functional groups attached to an aromatic ring is 1. The van der Waals surface area contributed by atoms with Gasteiger partial charge in [-0.15, -0.1) is 0 Å². The van der Waals surface area contributed by atoms with Crippen molar-refractivity contribution in [2.45, 2.75) is 25.8 Å². The topological polar surface area (TPSA) is 67.6 Å². The Bertz CT molecular complexity index is 468. The van der Waals surface area contributed by atoms with E-state index in [0.717, 1.165) is 25.9 Å². The Hall–Kier alpha value is -1.75. The fraction of sp³-hybridized carbons (Fsp3) is 0.533. The van der Waals surface area contributed by atoms with Crippen LogP contribution in [0.25, 0.3) is 0 Å². The lowest BCUT2D eigenvalue weighted by molar-refractivity contribution is 0.0917. The van der Waals surface area contributed by atoms with Crippen molar-refractivity contribution in [1.29, 1.82) is 0 Å². The van der Waals surface area contributed by atoms with Crippen molar-refractivity contribution in [2.75, 3.05) is 32.5 Å². The minimum absolute atomic E-state index is 0.0608. The van der Waals surface area contributed by atoms with Crippen molar-refractivity contribution in [3.8, 4) is 5.75 Å². The molecule has 2 rings (SSSR count). The van der Waals surface area contributed by atoms with Crippen LogP contribution in [0.5, 0.6) is 5.75 Å². The number of nitrogens with zero attached hydrogens (tertiary/aromatic N) is 1. The molecule has 0 aromatic heterocycles. The third-order valence-electron chi connectivity index (χ3n) is 3.63. The second kappa shape index (κ2) is 6.61. The molecule has 0 bridgehead atoms. The highest BCUT2D eigenvalue weighted by atomic mass is 16.5. The second-order valence-corrected chi connectivity index (χ2v) is 5.24. The minimum atomic E-state index is -0.0608. The van der Waals surface area contributed by atoms with Crippen molar-refractivity contribution in [3.63, 3.8) is 0 Å². The van der Waals surface area contributed by atoms with Crippen LogP contribution in [0.3, 0.4) is 0 Å². The molecule has 1 aromatic rings. The summed E-state index contributed by atoms with van der Waals surface area (Å²) < 4.78 is 5.37. The molecule has 1 heterocycles. The van der Waals surface area contributed by atoms with E-state index in [-0.39, 0.29) is 11.9 Å². The molecule has 1 fully saturated rings. The van der Waals surface area contributed by atoms with Crippen molar-refractivity contribution >= 4 is 11.6 Å². The third kappa shape index (κ3) is 3.63. The Morgan fingerprint density at radius 1 is 1.45 bits per heavy atom. The quantitative estimate of drug-likeness (QED) is 0.818. The average Bonchev–Trinajstić information content (AvgIpc) is 2.44. The number of anilines is 1. The molecule has 0 spiro atoms. The minimum Gasteiger partial charge on any atom is -0.492 e. The number of amides is 1. The Morgan fingerprint density at radius 3 is 2.75 bits per heavy atom. The molecule has 0 atom stereocenters. The van der Waals surface area contributed by atoms with Crippen LogP contribution < -0.4 is 15.8 Å². The number of rotatable bonds is 4. The van der Waals surface area contributed by atoms with E-state index >= 15 is 0 Å². The van der Waals surface area contributed by atoms with Gasteiger partial charge in [0.05, 0.1) is 12.3 Å². The van der Waals surface area contributed by atoms with Gasteiger partial charge in [0.25, 0.3) is 5.91 Å². The van der Waals surface area contributed by atoms with Gasteiger partial charge in [-0.05, 0) is 58.1 Å². The third-order valence-corrected chi connectivity index (χ3v) is 3.63. The van der Waals surface area contributed by atoms with Gasteiger partial charge in [-0.2, -0.15) is 0 Å². The number of carbonyl (C=O) groups excluding carboxylic acids is 1. The van der Waals surface area contributed by atoms with Crippen LogP contribution in [-0.2, 0) is 0 Å². The molecular weight excluding hydrogens is 254 g/mol. The molecule has 5 nitrogen and oxygen atoms in total. The number of benzene rings is 1. The second-order valence-electron chi connectivity index (χ2n) is 5.24. The molecule has 1 amide bonds. The van der Waals surface area contributed by atoms with Crippen molar-refractivity contribution in [1.82, 2.24) is 10.2 Å². The zero-order valence-electron chi connectivity index (χ0n) is 12.2. The SMILES string of the molecule is CCOc1ccc(C(=O)NC2CCN(C)CC2)cc1N. The molecule has 0 radical (unpaired) electrons. The number of ether oxygens (including phenoxy) is 1. The molecule has 20 heavy (non-hydrogen) atoms. The number of hydrogen-bond acceptors (Lipinski definition) is 4. The van der Waals surface area contributed by atoms with E-state index in [4.69, 9.17) is 10.5 Å². The summed E-state index contributed by atoms with van der Waals surface area (Å²) in [6, 6.07) is 5.44. The maximum atomic E-state index is 12.2. The van der Waals surface area contributed by atoms with Gasteiger partial charge in [-0.1, -0.05) is 0 Å². The largest absolute Gasteiger partial charge is 0.492 e. The summed E-state index contributed by atoms with van der Waals surface area (Å²) in [6.07, 6.45) is 1.99. The summed E-state index contributed by atoms with van der Waals surface area (Å²) in [7, 11) is 2.10.